The molecule has 0 amide bonds. The molecule has 1 N–H and O–H groups in total. The molecule has 1 aromatic carbocycles. The van der Waals surface area contributed by atoms with Gasteiger partial charge in [-0.15, -0.1) is 0 Å². The van der Waals surface area contributed by atoms with Gasteiger partial charge in [0.25, 0.3) is 0 Å². The zero-order valence-electron chi connectivity index (χ0n) is 13.5. The second kappa shape index (κ2) is 6.49. The highest BCUT2D eigenvalue weighted by molar-refractivity contribution is 5.67. The van der Waals surface area contributed by atoms with E-state index in [0.717, 1.165) is 44.5 Å². The number of rotatable bonds is 7. The molecule has 5 nitrogen and oxygen atoms in total. The Kier molecular flexibility index (Phi) is 4.60. The standard InChI is InChI=1S/C18H24O5/c1-21-15-4-2-3-14(11-15)18-7-5-17(6-8-18,13-23-18)9-10-22-12-16(19)20/h2-4,11H,5-10,12-13H2,1H3,(H,19,20). The molecule has 23 heavy (non-hydrogen) atoms. The summed E-state index contributed by atoms with van der Waals surface area (Å²) in [5.41, 5.74) is 1.17. The van der Waals surface area contributed by atoms with Crippen LogP contribution in [0.15, 0.2) is 24.3 Å². The molecule has 0 spiro atoms. The minimum absolute atomic E-state index is 0.152. The predicted octanol–water partition coefficient (Wildman–Crippen LogP) is 2.97. The first kappa shape index (κ1) is 16.3. The molecule has 5 heteroatoms. The lowest BCUT2D eigenvalue weighted by Crippen LogP contribution is -2.49. The van der Waals surface area contributed by atoms with E-state index < -0.39 is 5.97 Å². The normalized spacial score (nSPS) is 29.4. The molecule has 0 atom stereocenters. The summed E-state index contributed by atoms with van der Waals surface area (Å²) in [7, 11) is 1.68. The fourth-order valence-corrected chi connectivity index (χ4v) is 3.81. The minimum atomic E-state index is -0.914. The van der Waals surface area contributed by atoms with Crippen LogP contribution in [0.4, 0.5) is 0 Å². The van der Waals surface area contributed by atoms with Crippen molar-refractivity contribution >= 4 is 5.97 Å². The van der Waals surface area contributed by atoms with Crippen LogP contribution in [0.1, 0.15) is 37.7 Å². The summed E-state index contributed by atoms with van der Waals surface area (Å²) in [5.74, 6) is -0.0481. The van der Waals surface area contributed by atoms with Gasteiger partial charge in [-0.3, -0.25) is 0 Å². The van der Waals surface area contributed by atoms with Crippen LogP contribution < -0.4 is 4.74 Å². The average Bonchev–Trinajstić information content (AvgIpc) is 2.60. The lowest BCUT2D eigenvalue weighted by atomic mass is 9.63. The van der Waals surface area contributed by atoms with E-state index >= 15 is 0 Å². The molecule has 0 unspecified atom stereocenters. The van der Waals surface area contributed by atoms with Crippen molar-refractivity contribution in [2.24, 2.45) is 5.41 Å². The molecule has 2 bridgehead atoms. The molecular weight excluding hydrogens is 296 g/mol. The Labute approximate surface area is 136 Å². The highest BCUT2D eigenvalue weighted by Gasteiger charge is 2.50. The molecule has 126 valence electrons. The summed E-state index contributed by atoms with van der Waals surface area (Å²) in [6, 6.07) is 8.17. The maximum atomic E-state index is 10.5. The number of carboxylic acids is 1. The van der Waals surface area contributed by atoms with Gasteiger partial charge < -0.3 is 19.3 Å². The first-order valence-corrected chi connectivity index (χ1v) is 8.16. The first-order chi connectivity index (χ1) is 11.1. The molecule has 2 aliphatic heterocycles. The lowest BCUT2D eigenvalue weighted by Gasteiger charge is -2.53. The van der Waals surface area contributed by atoms with Crippen LogP contribution in [0.5, 0.6) is 5.75 Å². The van der Waals surface area contributed by atoms with E-state index in [9.17, 15) is 4.79 Å². The van der Waals surface area contributed by atoms with Crippen LogP contribution in [0, 0.1) is 5.41 Å². The quantitative estimate of drug-likeness (QED) is 0.783. The third-order valence-corrected chi connectivity index (χ3v) is 5.37. The largest absolute Gasteiger partial charge is 0.497 e. The Morgan fingerprint density at radius 1 is 1.30 bits per heavy atom. The number of hydrogen-bond acceptors (Lipinski definition) is 4. The van der Waals surface area contributed by atoms with Gasteiger partial charge in [-0.2, -0.15) is 0 Å². The zero-order valence-corrected chi connectivity index (χ0v) is 13.5. The number of carbonyl (C=O) groups is 1. The molecule has 3 fully saturated rings. The van der Waals surface area contributed by atoms with Crippen molar-refractivity contribution < 1.29 is 24.1 Å². The second-order valence-corrected chi connectivity index (χ2v) is 6.71. The van der Waals surface area contributed by atoms with E-state index in [1.165, 1.54) is 5.56 Å². The Bertz CT molecular complexity index is 544. The van der Waals surface area contributed by atoms with Gasteiger partial charge in [-0.05, 0) is 55.2 Å². The smallest absolute Gasteiger partial charge is 0.329 e. The summed E-state index contributed by atoms with van der Waals surface area (Å²) >= 11 is 0. The Morgan fingerprint density at radius 2 is 2.09 bits per heavy atom. The third-order valence-electron chi connectivity index (χ3n) is 5.37. The number of hydrogen-bond donors (Lipinski definition) is 1. The van der Waals surface area contributed by atoms with Crippen LogP contribution in [-0.4, -0.2) is 38.0 Å². The van der Waals surface area contributed by atoms with Crippen molar-refractivity contribution in [1.29, 1.82) is 0 Å². The minimum Gasteiger partial charge on any atom is -0.497 e. The summed E-state index contributed by atoms with van der Waals surface area (Å²) < 4.78 is 16.8. The highest BCUT2D eigenvalue weighted by atomic mass is 16.5. The van der Waals surface area contributed by atoms with E-state index in [-0.39, 0.29) is 17.6 Å². The number of aliphatic carboxylic acids is 1. The summed E-state index contributed by atoms with van der Waals surface area (Å²) in [6.07, 6.45) is 5.06. The molecule has 0 radical (unpaired) electrons. The SMILES string of the molecule is COc1cccc(C23CCC(CCOCC(=O)O)(CC2)CO3)c1. The molecule has 2 saturated heterocycles. The van der Waals surface area contributed by atoms with Crippen molar-refractivity contribution in [3.05, 3.63) is 29.8 Å². The topological polar surface area (TPSA) is 65.0 Å². The molecule has 1 aliphatic carbocycles. The van der Waals surface area contributed by atoms with Gasteiger partial charge in [0.05, 0.1) is 19.3 Å². The van der Waals surface area contributed by atoms with E-state index in [0.29, 0.717) is 6.61 Å². The van der Waals surface area contributed by atoms with Crippen molar-refractivity contribution in [2.45, 2.75) is 37.7 Å². The van der Waals surface area contributed by atoms with Gasteiger partial charge in [0.1, 0.15) is 12.4 Å². The van der Waals surface area contributed by atoms with E-state index in [4.69, 9.17) is 19.3 Å². The number of fused-ring (bicyclic) bond motifs is 3. The molecule has 4 rings (SSSR count). The molecule has 0 aromatic heterocycles. The van der Waals surface area contributed by atoms with E-state index in [1.807, 2.05) is 12.1 Å². The number of methoxy groups -OCH3 is 1. The fraction of sp³-hybridized carbons (Fsp3) is 0.611. The Hall–Kier alpha value is -1.59. The van der Waals surface area contributed by atoms with E-state index in [1.54, 1.807) is 7.11 Å². The maximum absolute atomic E-state index is 10.5. The van der Waals surface area contributed by atoms with Crippen LogP contribution in [-0.2, 0) is 19.9 Å². The molecule has 2 heterocycles. The van der Waals surface area contributed by atoms with Crippen molar-refractivity contribution in [1.82, 2.24) is 0 Å². The van der Waals surface area contributed by atoms with Gasteiger partial charge in [0.15, 0.2) is 0 Å². The summed E-state index contributed by atoms with van der Waals surface area (Å²) in [6.45, 7) is 0.993. The third kappa shape index (κ3) is 3.35. The van der Waals surface area contributed by atoms with Crippen LogP contribution in [0.25, 0.3) is 0 Å². The Balaban J connectivity index is 1.61. The second-order valence-electron chi connectivity index (χ2n) is 6.71. The van der Waals surface area contributed by atoms with Crippen LogP contribution >= 0.6 is 0 Å². The molecule has 3 aliphatic rings. The monoisotopic (exact) mass is 320 g/mol. The first-order valence-electron chi connectivity index (χ1n) is 8.16. The van der Waals surface area contributed by atoms with Crippen molar-refractivity contribution in [3.63, 3.8) is 0 Å². The van der Waals surface area contributed by atoms with Crippen LogP contribution in [0.2, 0.25) is 0 Å². The summed E-state index contributed by atoms with van der Waals surface area (Å²) in [4.78, 5) is 10.5. The fourth-order valence-electron chi connectivity index (χ4n) is 3.81. The number of ether oxygens (including phenoxy) is 3. The maximum Gasteiger partial charge on any atom is 0.329 e. The average molecular weight is 320 g/mol. The highest BCUT2D eigenvalue weighted by Crippen LogP contribution is 2.55. The van der Waals surface area contributed by atoms with E-state index in [2.05, 4.69) is 12.1 Å². The lowest BCUT2D eigenvalue weighted by molar-refractivity contribution is -0.194. The van der Waals surface area contributed by atoms with Crippen molar-refractivity contribution in [2.75, 3.05) is 26.9 Å². The molecule has 1 saturated carbocycles. The summed E-state index contributed by atoms with van der Waals surface area (Å²) in [5, 5.41) is 8.62. The van der Waals surface area contributed by atoms with Crippen molar-refractivity contribution in [3.8, 4) is 5.75 Å². The van der Waals surface area contributed by atoms with Gasteiger partial charge in [0.2, 0.25) is 0 Å². The predicted molar refractivity (Wildman–Crippen MR) is 84.6 cm³/mol. The van der Waals surface area contributed by atoms with Crippen LogP contribution in [0.3, 0.4) is 0 Å². The number of carboxylic acid groups (broad SMARTS) is 1. The van der Waals surface area contributed by atoms with Gasteiger partial charge in [-0.25, -0.2) is 4.79 Å². The number of benzene rings is 1. The Morgan fingerprint density at radius 3 is 2.70 bits per heavy atom. The van der Waals surface area contributed by atoms with Gasteiger partial charge in [-0.1, -0.05) is 12.1 Å². The molecular formula is C18H24O5. The van der Waals surface area contributed by atoms with Gasteiger partial charge in [0, 0.05) is 6.61 Å². The van der Waals surface area contributed by atoms with Gasteiger partial charge >= 0.3 is 5.97 Å². The zero-order chi connectivity index (χ0) is 16.3. The molecule has 1 aromatic rings.